The molecule has 0 bridgehead atoms. The van der Waals surface area contributed by atoms with Gasteiger partial charge in [-0.25, -0.2) is 10.4 Å². The Kier molecular flexibility index (Phi) is 2.73. The monoisotopic (exact) mass is 204 g/mol. The highest BCUT2D eigenvalue weighted by atomic mass is 16.2. The number of aryl methyl sites for hydroxylation is 1. The van der Waals surface area contributed by atoms with Crippen molar-refractivity contribution in [1.82, 2.24) is 5.43 Å². The molecule has 0 aromatic heterocycles. The molecule has 0 aliphatic carbocycles. The lowest BCUT2D eigenvalue weighted by molar-refractivity contribution is -0.117. The fourth-order valence-electron chi connectivity index (χ4n) is 1.75. The molecule has 0 radical (unpaired) electrons. The molecule has 2 rings (SSSR count). The van der Waals surface area contributed by atoms with Crippen molar-refractivity contribution in [3.63, 3.8) is 0 Å². The maximum absolute atomic E-state index is 11.7. The molecule has 1 unspecified atom stereocenters. The molecule has 1 aliphatic rings. The van der Waals surface area contributed by atoms with Crippen molar-refractivity contribution in [2.45, 2.75) is 32.7 Å². The van der Waals surface area contributed by atoms with Crippen molar-refractivity contribution in [2.75, 3.05) is 5.01 Å². The van der Waals surface area contributed by atoms with Crippen molar-refractivity contribution in [1.29, 1.82) is 0 Å². The van der Waals surface area contributed by atoms with E-state index in [0.29, 0.717) is 12.5 Å². The molecule has 3 heteroatoms. The number of benzene rings is 1. The van der Waals surface area contributed by atoms with Gasteiger partial charge in [0.1, 0.15) is 0 Å². The van der Waals surface area contributed by atoms with Gasteiger partial charge in [-0.2, -0.15) is 0 Å². The second-order valence-electron chi connectivity index (χ2n) is 4.00. The Bertz CT molecular complexity index is 358. The number of hydrazine groups is 1. The minimum atomic E-state index is 0.158. The van der Waals surface area contributed by atoms with Gasteiger partial charge < -0.3 is 0 Å². The van der Waals surface area contributed by atoms with E-state index in [1.54, 1.807) is 5.01 Å². The summed E-state index contributed by atoms with van der Waals surface area (Å²) in [6, 6.07) is 8.27. The highest BCUT2D eigenvalue weighted by molar-refractivity contribution is 5.94. The number of nitrogens with zero attached hydrogens (tertiary/aromatic N) is 1. The van der Waals surface area contributed by atoms with E-state index in [-0.39, 0.29) is 5.91 Å². The third-order valence-electron chi connectivity index (χ3n) is 2.77. The fourth-order valence-corrected chi connectivity index (χ4v) is 1.75. The van der Waals surface area contributed by atoms with E-state index < -0.39 is 0 Å². The standard InChI is InChI=1S/C12H16N2O/c1-3-10-8-12(15)14(13-10)11-6-4-9(2)5-7-11/h4-7,10,13H,3,8H2,1-2H3. The zero-order valence-corrected chi connectivity index (χ0v) is 9.16. The van der Waals surface area contributed by atoms with E-state index in [2.05, 4.69) is 12.3 Å². The van der Waals surface area contributed by atoms with Crippen molar-refractivity contribution >= 4 is 11.6 Å². The predicted molar refractivity (Wildman–Crippen MR) is 60.5 cm³/mol. The van der Waals surface area contributed by atoms with E-state index in [4.69, 9.17) is 0 Å². The lowest BCUT2D eigenvalue weighted by Crippen LogP contribution is -2.37. The number of rotatable bonds is 2. The quantitative estimate of drug-likeness (QED) is 0.799. The van der Waals surface area contributed by atoms with Crippen molar-refractivity contribution in [3.8, 4) is 0 Å². The molecule has 1 saturated heterocycles. The van der Waals surface area contributed by atoms with Gasteiger partial charge in [0.25, 0.3) is 0 Å². The second kappa shape index (κ2) is 4.03. The first kappa shape index (κ1) is 10.2. The molecular formula is C12H16N2O. The number of carbonyl (C=O) groups is 1. The Hall–Kier alpha value is -1.35. The summed E-state index contributed by atoms with van der Waals surface area (Å²) in [7, 11) is 0. The summed E-state index contributed by atoms with van der Waals surface area (Å²) in [5, 5.41) is 1.66. The first-order valence-electron chi connectivity index (χ1n) is 5.36. The maximum atomic E-state index is 11.7. The molecule has 1 amide bonds. The zero-order chi connectivity index (χ0) is 10.8. The third kappa shape index (κ3) is 2.02. The van der Waals surface area contributed by atoms with Crippen LogP contribution in [-0.2, 0) is 4.79 Å². The van der Waals surface area contributed by atoms with Crippen LogP contribution in [0.4, 0.5) is 5.69 Å². The summed E-state index contributed by atoms with van der Waals surface area (Å²) in [6.45, 7) is 4.13. The molecular weight excluding hydrogens is 188 g/mol. The van der Waals surface area contributed by atoms with Crippen LogP contribution in [0.25, 0.3) is 0 Å². The average Bonchev–Trinajstić information content (AvgIpc) is 2.61. The van der Waals surface area contributed by atoms with Crippen LogP contribution in [0.1, 0.15) is 25.3 Å². The number of carbonyl (C=O) groups excluding carboxylic acids is 1. The minimum Gasteiger partial charge on any atom is -0.273 e. The lowest BCUT2D eigenvalue weighted by Gasteiger charge is -2.17. The highest BCUT2D eigenvalue weighted by Crippen LogP contribution is 2.20. The number of hydrogen-bond acceptors (Lipinski definition) is 2. The molecule has 1 fully saturated rings. The number of anilines is 1. The van der Waals surface area contributed by atoms with Gasteiger partial charge in [0.05, 0.1) is 5.69 Å². The van der Waals surface area contributed by atoms with Crippen LogP contribution < -0.4 is 10.4 Å². The highest BCUT2D eigenvalue weighted by Gasteiger charge is 2.28. The topological polar surface area (TPSA) is 32.3 Å². The van der Waals surface area contributed by atoms with E-state index in [9.17, 15) is 4.79 Å². The normalized spacial score (nSPS) is 21.1. The van der Waals surface area contributed by atoms with E-state index in [0.717, 1.165) is 12.1 Å². The summed E-state index contributed by atoms with van der Waals surface area (Å²) in [6.07, 6.45) is 1.58. The molecule has 1 aromatic rings. The first-order chi connectivity index (χ1) is 7.20. The lowest BCUT2D eigenvalue weighted by atomic mass is 10.2. The molecule has 1 aliphatic heterocycles. The molecule has 3 nitrogen and oxygen atoms in total. The zero-order valence-electron chi connectivity index (χ0n) is 9.16. The number of nitrogens with one attached hydrogen (secondary N) is 1. The van der Waals surface area contributed by atoms with Crippen LogP contribution in [0.5, 0.6) is 0 Å². The van der Waals surface area contributed by atoms with Crippen LogP contribution in [-0.4, -0.2) is 11.9 Å². The SMILES string of the molecule is CCC1CC(=O)N(c2ccc(C)cc2)N1. The van der Waals surface area contributed by atoms with E-state index in [1.165, 1.54) is 5.56 Å². The Balaban J connectivity index is 2.18. The van der Waals surface area contributed by atoms with Gasteiger partial charge in [0, 0.05) is 12.5 Å². The largest absolute Gasteiger partial charge is 0.273 e. The molecule has 1 atom stereocenters. The van der Waals surface area contributed by atoms with Crippen molar-refractivity contribution in [3.05, 3.63) is 29.8 Å². The van der Waals surface area contributed by atoms with Gasteiger partial charge in [-0.1, -0.05) is 24.6 Å². The molecule has 80 valence electrons. The first-order valence-corrected chi connectivity index (χ1v) is 5.36. The molecule has 1 heterocycles. The van der Waals surface area contributed by atoms with Gasteiger partial charge in [-0.15, -0.1) is 0 Å². The van der Waals surface area contributed by atoms with E-state index >= 15 is 0 Å². The van der Waals surface area contributed by atoms with Crippen LogP contribution >= 0.6 is 0 Å². The molecule has 0 spiro atoms. The van der Waals surface area contributed by atoms with Crippen LogP contribution in [0.2, 0.25) is 0 Å². The summed E-state index contributed by atoms with van der Waals surface area (Å²) < 4.78 is 0. The van der Waals surface area contributed by atoms with Gasteiger partial charge in [-0.3, -0.25) is 4.79 Å². The molecule has 1 aromatic carbocycles. The van der Waals surface area contributed by atoms with Crippen LogP contribution in [0.15, 0.2) is 24.3 Å². The van der Waals surface area contributed by atoms with Gasteiger partial charge in [0.2, 0.25) is 5.91 Å². The van der Waals surface area contributed by atoms with Gasteiger partial charge in [0.15, 0.2) is 0 Å². The molecule has 15 heavy (non-hydrogen) atoms. The Morgan fingerprint density at radius 2 is 2.07 bits per heavy atom. The molecule has 0 saturated carbocycles. The van der Waals surface area contributed by atoms with Crippen LogP contribution in [0, 0.1) is 6.92 Å². The summed E-state index contributed by atoms with van der Waals surface area (Å²) in [5.74, 6) is 0.158. The smallest absolute Gasteiger partial charge is 0.243 e. The number of hydrogen-bond donors (Lipinski definition) is 1. The van der Waals surface area contributed by atoms with Gasteiger partial charge >= 0.3 is 0 Å². The van der Waals surface area contributed by atoms with E-state index in [1.807, 2.05) is 31.2 Å². The summed E-state index contributed by atoms with van der Waals surface area (Å²) in [4.78, 5) is 11.7. The maximum Gasteiger partial charge on any atom is 0.243 e. The average molecular weight is 204 g/mol. The number of amides is 1. The van der Waals surface area contributed by atoms with Crippen molar-refractivity contribution in [2.24, 2.45) is 0 Å². The Labute approximate surface area is 90.1 Å². The van der Waals surface area contributed by atoms with Gasteiger partial charge in [-0.05, 0) is 25.5 Å². The minimum absolute atomic E-state index is 0.158. The molecule has 1 N–H and O–H groups in total. The van der Waals surface area contributed by atoms with Crippen molar-refractivity contribution < 1.29 is 4.79 Å². The predicted octanol–water partition coefficient (Wildman–Crippen LogP) is 2.01. The second-order valence-corrected chi connectivity index (χ2v) is 4.00. The van der Waals surface area contributed by atoms with Crippen LogP contribution in [0.3, 0.4) is 0 Å². The summed E-state index contributed by atoms with van der Waals surface area (Å²) in [5.41, 5.74) is 5.35. The summed E-state index contributed by atoms with van der Waals surface area (Å²) >= 11 is 0. The Morgan fingerprint density at radius 3 is 2.60 bits per heavy atom. The fraction of sp³-hybridized carbons (Fsp3) is 0.417. The third-order valence-corrected chi connectivity index (χ3v) is 2.77. The Morgan fingerprint density at radius 1 is 1.40 bits per heavy atom.